The summed E-state index contributed by atoms with van der Waals surface area (Å²) in [7, 11) is -0.581. The van der Waals surface area contributed by atoms with Crippen LogP contribution in [0.25, 0.3) is 0 Å². The van der Waals surface area contributed by atoms with Gasteiger partial charge in [0.15, 0.2) is 0 Å². The fourth-order valence-electron chi connectivity index (χ4n) is 1.90. The molecule has 102 valence electrons. The second-order valence-electron chi connectivity index (χ2n) is 5.91. The van der Waals surface area contributed by atoms with Crippen LogP contribution in [-0.4, -0.2) is 29.2 Å². The molecular formula is C13H19BN2O3. The molecule has 2 N–H and O–H groups in total. The summed E-state index contributed by atoms with van der Waals surface area (Å²) in [6.45, 7) is 9.76. The minimum absolute atomic E-state index is 0.227. The third-order valence-corrected chi connectivity index (χ3v) is 3.74. The number of carbonyl (C=O) groups excluding carboxylic acids is 1. The van der Waals surface area contributed by atoms with Crippen molar-refractivity contribution in [2.75, 3.05) is 0 Å². The van der Waals surface area contributed by atoms with Gasteiger partial charge in [0.05, 0.1) is 16.8 Å². The van der Waals surface area contributed by atoms with Gasteiger partial charge in [-0.1, -0.05) is 0 Å². The van der Waals surface area contributed by atoms with E-state index in [4.69, 9.17) is 15.0 Å². The van der Waals surface area contributed by atoms with Gasteiger partial charge in [-0.2, -0.15) is 0 Å². The Morgan fingerprint density at radius 1 is 1.21 bits per heavy atom. The van der Waals surface area contributed by atoms with Crippen LogP contribution < -0.4 is 11.3 Å². The van der Waals surface area contributed by atoms with Gasteiger partial charge in [-0.3, -0.25) is 9.78 Å². The minimum Gasteiger partial charge on any atom is -0.398 e. The molecule has 0 radical (unpaired) electrons. The zero-order chi connectivity index (χ0) is 14.4. The number of amides is 1. The van der Waals surface area contributed by atoms with Gasteiger partial charge in [-0.05, 0) is 52.3 Å². The number of aromatic nitrogens is 1. The van der Waals surface area contributed by atoms with Crippen LogP contribution in [0, 0.1) is 6.92 Å². The molecule has 1 aliphatic heterocycles. The van der Waals surface area contributed by atoms with Crippen molar-refractivity contribution < 1.29 is 14.1 Å². The first-order valence-corrected chi connectivity index (χ1v) is 6.26. The van der Waals surface area contributed by atoms with E-state index in [0.29, 0.717) is 5.59 Å². The van der Waals surface area contributed by atoms with Gasteiger partial charge >= 0.3 is 7.12 Å². The number of aryl methyl sites for hydroxylation is 1. The average Bonchev–Trinajstić information content (AvgIpc) is 2.47. The Morgan fingerprint density at radius 2 is 1.74 bits per heavy atom. The van der Waals surface area contributed by atoms with Crippen molar-refractivity contribution in [2.45, 2.75) is 45.8 Å². The Kier molecular flexibility index (Phi) is 3.19. The molecule has 5 nitrogen and oxygen atoms in total. The highest BCUT2D eigenvalue weighted by Crippen LogP contribution is 2.36. The molecule has 0 spiro atoms. The minimum atomic E-state index is -0.581. The lowest BCUT2D eigenvalue weighted by Gasteiger charge is -2.32. The van der Waals surface area contributed by atoms with Crippen molar-refractivity contribution in [2.24, 2.45) is 5.73 Å². The molecule has 0 atom stereocenters. The second kappa shape index (κ2) is 4.32. The zero-order valence-corrected chi connectivity index (χ0v) is 12.0. The largest absolute Gasteiger partial charge is 0.514 e. The van der Waals surface area contributed by atoms with Crippen LogP contribution in [0.3, 0.4) is 0 Å². The zero-order valence-electron chi connectivity index (χ0n) is 12.0. The summed E-state index contributed by atoms with van der Waals surface area (Å²) >= 11 is 0. The fraction of sp³-hybridized carbons (Fsp3) is 0.538. The Labute approximate surface area is 113 Å². The van der Waals surface area contributed by atoms with E-state index >= 15 is 0 Å². The van der Waals surface area contributed by atoms with Crippen LogP contribution in [0.1, 0.15) is 43.7 Å². The number of carbonyl (C=O) groups is 1. The summed E-state index contributed by atoms with van der Waals surface area (Å²) < 4.78 is 11.8. The highest BCUT2D eigenvalue weighted by molar-refractivity contribution is 6.61. The molecule has 1 aromatic rings. The fourth-order valence-corrected chi connectivity index (χ4v) is 1.90. The molecule has 0 aliphatic carbocycles. The lowest BCUT2D eigenvalue weighted by Crippen LogP contribution is -2.41. The molecular weight excluding hydrogens is 243 g/mol. The molecule has 1 amide bonds. The number of nitrogens with zero attached hydrogens (tertiary/aromatic N) is 1. The smallest absolute Gasteiger partial charge is 0.398 e. The summed E-state index contributed by atoms with van der Waals surface area (Å²) in [6.07, 6.45) is 0. The molecule has 19 heavy (non-hydrogen) atoms. The van der Waals surface area contributed by atoms with Crippen LogP contribution in [0.15, 0.2) is 12.1 Å². The molecule has 2 rings (SSSR count). The monoisotopic (exact) mass is 262 g/mol. The van der Waals surface area contributed by atoms with Crippen molar-refractivity contribution in [1.82, 2.24) is 4.98 Å². The summed E-state index contributed by atoms with van der Waals surface area (Å²) in [5, 5.41) is 0. The number of pyridine rings is 1. The summed E-state index contributed by atoms with van der Waals surface area (Å²) in [5.74, 6) is -0.554. The van der Waals surface area contributed by atoms with E-state index in [9.17, 15) is 4.79 Å². The van der Waals surface area contributed by atoms with Crippen LogP contribution >= 0.6 is 0 Å². The van der Waals surface area contributed by atoms with E-state index in [1.807, 2.05) is 40.7 Å². The molecule has 1 saturated heterocycles. The Bertz CT molecular complexity index is 513. The van der Waals surface area contributed by atoms with E-state index in [1.54, 1.807) is 6.07 Å². The van der Waals surface area contributed by atoms with Crippen molar-refractivity contribution in [1.29, 1.82) is 0 Å². The van der Waals surface area contributed by atoms with Gasteiger partial charge in [0, 0.05) is 0 Å². The topological polar surface area (TPSA) is 74.4 Å². The van der Waals surface area contributed by atoms with E-state index in [2.05, 4.69) is 4.98 Å². The number of rotatable bonds is 2. The molecule has 1 fully saturated rings. The SMILES string of the molecule is Cc1cc(B2OC(C)(C)C(C)(C)O2)nc(C(N)=O)c1. The van der Waals surface area contributed by atoms with E-state index in [1.165, 1.54) is 0 Å². The molecule has 1 aromatic heterocycles. The first-order valence-electron chi connectivity index (χ1n) is 6.26. The maximum absolute atomic E-state index is 11.3. The van der Waals surface area contributed by atoms with E-state index < -0.39 is 24.2 Å². The second-order valence-corrected chi connectivity index (χ2v) is 5.91. The first-order chi connectivity index (χ1) is 8.62. The number of hydrogen-bond donors (Lipinski definition) is 1. The van der Waals surface area contributed by atoms with Crippen molar-refractivity contribution in [3.05, 3.63) is 23.4 Å². The highest BCUT2D eigenvalue weighted by Gasteiger charge is 2.52. The van der Waals surface area contributed by atoms with Crippen molar-refractivity contribution in [3.63, 3.8) is 0 Å². The summed E-state index contributed by atoms with van der Waals surface area (Å²) in [4.78, 5) is 15.5. The van der Waals surface area contributed by atoms with Gasteiger partial charge in [0.25, 0.3) is 5.91 Å². The molecule has 0 bridgehead atoms. The normalized spacial score (nSPS) is 20.6. The molecule has 0 unspecified atom stereocenters. The quantitative estimate of drug-likeness (QED) is 0.799. The Balaban J connectivity index is 2.37. The highest BCUT2D eigenvalue weighted by atomic mass is 16.7. The molecule has 6 heteroatoms. The number of nitrogens with two attached hydrogens (primary N) is 1. The van der Waals surface area contributed by atoms with E-state index in [0.717, 1.165) is 5.56 Å². The maximum atomic E-state index is 11.3. The Hall–Kier alpha value is -1.40. The third kappa shape index (κ3) is 2.50. The third-order valence-electron chi connectivity index (χ3n) is 3.74. The van der Waals surface area contributed by atoms with Gasteiger partial charge in [0.1, 0.15) is 5.69 Å². The van der Waals surface area contributed by atoms with Gasteiger partial charge < -0.3 is 15.0 Å². The standard InChI is InChI=1S/C13H19BN2O3/c1-8-6-9(11(15)17)16-10(7-8)14-18-12(2,3)13(4,5)19-14/h6-7H,1-5H3,(H2,15,17). The molecule has 1 aliphatic rings. The lowest BCUT2D eigenvalue weighted by molar-refractivity contribution is 0.00578. The van der Waals surface area contributed by atoms with Crippen LogP contribution in [-0.2, 0) is 9.31 Å². The molecule has 0 aromatic carbocycles. The van der Waals surface area contributed by atoms with Crippen LogP contribution in [0.4, 0.5) is 0 Å². The average molecular weight is 262 g/mol. The van der Waals surface area contributed by atoms with Gasteiger partial charge in [-0.15, -0.1) is 0 Å². The van der Waals surface area contributed by atoms with Crippen molar-refractivity contribution >= 4 is 18.6 Å². The van der Waals surface area contributed by atoms with E-state index in [-0.39, 0.29) is 5.69 Å². The van der Waals surface area contributed by atoms with Crippen LogP contribution in [0.2, 0.25) is 0 Å². The van der Waals surface area contributed by atoms with Crippen molar-refractivity contribution in [3.8, 4) is 0 Å². The summed E-state index contributed by atoms with van der Waals surface area (Å²) in [5.41, 5.74) is 6.10. The first kappa shape index (κ1) is 14.0. The predicted molar refractivity (Wildman–Crippen MR) is 73.2 cm³/mol. The maximum Gasteiger partial charge on any atom is 0.514 e. The van der Waals surface area contributed by atoms with Crippen LogP contribution in [0.5, 0.6) is 0 Å². The number of primary amides is 1. The Morgan fingerprint density at radius 3 is 2.21 bits per heavy atom. The molecule has 0 saturated carbocycles. The van der Waals surface area contributed by atoms with Gasteiger partial charge in [-0.25, -0.2) is 0 Å². The molecule has 2 heterocycles. The summed E-state index contributed by atoms with van der Waals surface area (Å²) in [6, 6.07) is 3.49. The predicted octanol–water partition coefficient (Wildman–Crippen LogP) is 0.788. The number of hydrogen-bond acceptors (Lipinski definition) is 4. The lowest BCUT2D eigenvalue weighted by atomic mass is 9.83. The van der Waals surface area contributed by atoms with Gasteiger partial charge in [0.2, 0.25) is 0 Å².